The highest BCUT2D eigenvalue weighted by atomic mass is 16.6. The largest absolute Gasteiger partial charge is 0.504 e. The molecule has 14 heteroatoms. The van der Waals surface area contributed by atoms with Crippen LogP contribution in [0.4, 0.5) is 29.2 Å². The van der Waals surface area contributed by atoms with Crippen molar-refractivity contribution in [3.63, 3.8) is 0 Å². The summed E-state index contributed by atoms with van der Waals surface area (Å²) in [4.78, 5) is 23.7. The number of rotatable bonds is 11. The summed E-state index contributed by atoms with van der Waals surface area (Å²) in [6.45, 7) is 0.321. The molecule has 0 unspecified atom stereocenters. The highest BCUT2D eigenvalue weighted by molar-refractivity contribution is 5.87. The Bertz CT molecular complexity index is 1390. The molecular weight excluding hydrogens is 484 g/mol. The number of aromatic nitrogens is 3. The average Bonchev–Trinajstić information content (AvgIpc) is 3.42. The van der Waals surface area contributed by atoms with Crippen LogP contribution in [0.3, 0.4) is 0 Å². The fraction of sp³-hybridized carbons (Fsp3) is 0.130. The summed E-state index contributed by atoms with van der Waals surface area (Å²) in [6.07, 6.45) is 2.75. The monoisotopic (exact) mass is 506 g/mol. The van der Waals surface area contributed by atoms with Crippen LogP contribution in [-0.2, 0) is 6.54 Å². The number of nitrogens with zero attached hydrogens (tertiary/aromatic N) is 5. The minimum Gasteiger partial charge on any atom is -0.504 e. The van der Waals surface area contributed by atoms with Crippen molar-refractivity contribution in [1.82, 2.24) is 15.0 Å². The van der Waals surface area contributed by atoms with Crippen LogP contribution in [-0.4, -0.2) is 45.4 Å². The van der Waals surface area contributed by atoms with Gasteiger partial charge in [0.25, 0.3) is 5.69 Å². The van der Waals surface area contributed by atoms with E-state index in [0.717, 1.165) is 6.07 Å². The molecule has 0 radical (unpaired) electrons. The lowest BCUT2D eigenvalue weighted by atomic mass is 10.1. The molecule has 0 fully saturated rings. The average molecular weight is 506 g/mol. The lowest BCUT2D eigenvalue weighted by Crippen LogP contribution is -2.09. The Morgan fingerprint density at radius 2 is 1.84 bits per heavy atom. The van der Waals surface area contributed by atoms with E-state index in [1.165, 1.54) is 19.4 Å². The number of hydrazone groups is 1. The van der Waals surface area contributed by atoms with Crippen LogP contribution in [0.2, 0.25) is 0 Å². The molecule has 0 saturated carbocycles. The van der Waals surface area contributed by atoms with Crippen molar-refractivity contribution in [3.8, 4) is 17.2 Å². The van der Waals surface area contributed by atoms with Crippen molar-refractivity contribution in [2.24, 2.45) is 5.10 Å². The van der Waals surface area contributed by atoms with Gasteiger partial charge in [0.05, 0.1) is 49.8 Å². The van der Waals surface area contributed by atoms with E-state index < -0.39 is 4.92 Å². The summed E-state index contributed by atoms with van der Waals surface area (Å²) in [5.74, 6) is 1.54. The number of benzene rings is 2. The molecule has 2 aromatic heterocycles. The molecule has 0 amide bonds. The van der Waals surface area contributed by atoms with Gasteiger partial charge in [-0.1, -0.05) is 0 Å². The molecule has 4 rings (SSSR count). The number of nitro groups is 1. The van der Waals surface area contributed by atoms with Crippen LogP contribution in [0.25, 0.3) is 0 Å². The van der Waals surface area contributed by atoms with Crippen molar-refractivity contribution in [2.75, 3.05) is 30.3 Å². The molecule has 0 saturated heterocycles. The number of hydrogen-bond donors (Lipinski definition) is 4. The number of phenols is 1. The van der Waals surface area contributed by atoms with Gasteiger partial charge in [-0.3, -0.25) is 10.1 Å². The van der Waals surface area contributed by atoms with E-state index in [9.17, 15) is 15.2 Å². The third-order valence-electron chi connectivity index (χ3n) is 4.88. The van der Waals surface area contributed by atoms with Gasteiger partial charge in [-0.2, -0.15) is 20.1 Å². The van der Waals surface area contributed by atoms with Crippen LogP contribution < -0.4 is 25.5 Å². The van der Waals surface area contributed by atoms with Crippen LogP contribution >= 0.6 is 0 Å². The fourth-order valence-corrected chi connectivity index (χ4v) is 3.10. The van der Waals surface area contributed by atoms with E-state index >= 15 is 0 Å². The Labute approximate surface area is 210 Å². The summed E-state index contributed by atoms with van der Waals surface area (Å²) in [5, 5.41) is 31.4. The van der Waals surface area contributed by atoms with Gasteiger partial charge >= 0.3 is 0 Å². The third kappa shape index (κ3) is 6.39. The first-order chi connectivity index (χ1) is 17.9. The quantitative estimate of drug-likeness (QED) is 0.131. The van der Waals surface area contributed by atoms with Gasteiger partial charge in [-0.25, -0.2) is 5.43 Å². The van der Waals surface area contributed by atoms with Crippen LogP contribution in [0.5, 0.6) is 17.2 Å². The summed E-state index contributed by atoms with van der Waals surface area (Å²) < 4.78 is 15.5. The molecule has 0 aliphatic heterocycles. The second kappa shape index (κ2) is 11.4. The summed E-state index contributed by atoms with van der Waals surface area (Å²) in [6, 6.07) is 13.0. The first kappa shape index (κ1) is 24.7. The van der Waals surface area contributed by atoms with Crippen molar-refractivity contribution >= 4 is 35.4 Å². The van der Waals surface area contributed by atoms with Gasteiger partial charge < -0.3 is 29.6 Å². The molecule has 2 heterocycles. The Morgan fingerprint density at radius 1 is 1.08 bits per heavy atom. The predicted octanol–water partition coefficient (Wildman–Crippen LogP) is 3.90. The molecule has 4 aromatic rings. The number of nitro benzene ring substituents is 1. The number of nitrogens with one attached hydrogen (secondary N) is 3. The smallest absolute Gasteiger partial charge is 0.282 e. The number of aromatic hydroxyl groups is 1. The summed E-state index contributed by atoms with van der Waals surface area (Å²) >= 11 is 0. The third-order valence-corrected chi connectivity index (χ3v) is 4.88. The van der Waals surface area contributed by atoms with E-state index in [1.54, 1.807) is 49.8 Å². The molecule has 37 heavy (non-hydrogen) atoms. The summed E-state index contributed by atoms with van der Waals surface area (Å²) in [5.41, 5.74) is 3.08. The lowest BCUT2D eigenvalue weighted by molar-refractivity contribution is -0.385. The Hall–Kier alpha value is -5.40. The van der Waals surface area contributed by atoms with Crippen molar-refractivity contribution < 1.29 is 23.9 Å². The van der Waals surface area contributed by atoms with E-state index in [1.807, 2.05) is 0 Å². The first-order valence-electron chi connectivity index (χ1n) is 10.7. The zero-order valence-electron chi connectivity index (χ0n) is 19.7. The van der Waals surface area contributed by atoms with Crippen LogP contribution in [0.15, 0.2) is 64.3 Å². The molecule has 0 aliphatic carbocycles. The standard InChI is InChI=1S/C23H22N8O6/c1-35-16-7-5-15(6-8-16)26-22-27-21(24-13-17-4-3-9-37-17)28-23(29-22)30-25-12-14-10-20(36-2)19(32)11-18(14)31(33)34/h3-12,32H,13H2,1-2H3,(H3,24,26,27,28,29,30)/b25-12-. The SMILES string of the molecule is COc1ccc(Nc2nc(NCc3ccco3)nc(N/N=C\c3cc(OC)c(O)cc3[N+](=O)[O-])n2)cc1. The maximum Gasteiger partial charge on any atom is 0.282 e. The van der Waals surface area contributed by atoms with Gasteiger partial charge in [0.15, 0.2) is 11.5 Å². The number of furan rings is 1. The summed E-state index contributed by atoms with van der Waals surface area (Å²) in [7, 11) is 2.91. The minimum absolute atomic E-state index is 0.0533. The number of phenolic OH excluding ortho intramolecular Hbond substituents is 1. The Balaban J connectivity index is 1.58. The normalized spacial score (nSPS) is 10.8. The topological polar surface area (TPSA) is 182 Å². The molecule has 0 bridgehead atoms. The van der Waals surface area contributed by atoms with Crippen LogP contribution in [0, 0.1) is 10.1 Å². The molecule has 4 N–H and O–H groups in total. The highest BCUT2D eigenvalue weighted by Crippen LogP contribution is 2.32. The molecule has 0 atom stereocenters. The van der Waals surface area contributed by atoms with Crippen LogP contribution in [0.1, 0.15) is 11.3 Å². The highest BCUT2D eigenvalue weighted by Gasteiger charge is 2.17. The molecule has 2 aromatic carbocycles. The number of hydrogen-bond acceptors (Lipinski definition) is 13. The zero-order chi connectivity index (χ0) is 26.2. The van der Waals surface area contributed by atoms with Gasteiger partial charge in [-0.05, 0) is 42.5 Å². The number of ether oxygens (including phenoxy) is 2. The number of anilines is 4. The molecule has 0 aliphatic rings. The minimum atomic E-state index is -0.642. The van der Waals surface area contributed by atoms with Crippen molar-refractivity contribution in [2.45, 2.75) is 6.54 Å². The number of methoxy groups -OCH3 is 2. The maximum atomic E-state index is 11.4. The Morgan fingerprint density at radius 3 is 2.51 bits per heavy atom. The maximum absolute atomic E-state index is 11.4. The predicted molar refractivity (Wildman–Crippen MR) is 135 cm³/mol. The molecule has 0 spiro atoms. The lowest BCUT2D eigenvalue weighted by Gasteiger charge is -2.10. The van der Waals surface area contributed by atoms with E-state index in [0.29, 0.717) is 23.7 Å². The van der Waals surface area contributed by atoms with E-state index in [2.05, 4.69) is 36.1 Å². The van der Waals surface area contributed by atoms with E-state index in [-0.39, 0.29) is 40.6 Å². The van der Waals surface area contributed by atoms with Crippen molar-refractivity contribution in [1.29, 1.82) is 0 Å². The Kier molecular flexibility index (Phi) is 7.58. The van der Waals surface area contributed by atoms with Gasteiger partial charge in [0, 0.05) is 5.69 Å². The van der Waals surface area contributed by atoms with Crippen molar-refractivity contribution in [3.05, 3.63) is 76.2 Å². The zero-order valence-corrected chi connectivity index (χ0v) is 19.7. The second-order valence-electron chi connectivity index (χ2n) is 7.30. The molecule has 190 valence electrons. The second-order valence-corrected chi connectivity index (χ2v) is 7.30. The van der Waals surface area contributed by atoms with E-state index in [4.69, 9.17) is 13.9 Å². The molecular formula is C23H22N8O6. The van der Waals surface area contributed by atoms with Gasteiger partial charge in [0.2, 0.25) is 17.8 Å². The fourth-order valence-electron chi connectivity index (χ4n) is 3.10. The first-order valence-corrected chi connectivity index (χ1v) is 10.7. The molecule has 14 nitrogen and oxygen atoms in total. The van der Waals surface area contributed by atoms with Gasteiger partial charge in [0.1, 0.15) is 11.5 Å². The van der Waals surface area contributed by atoms with Gasteiger partial charge in [-0.15, -0.1) is 0 Å².